The third-order valence-corrected chi connectivity index (χ3v) is 6.27. The Morgan fingerprint density at radius 3 is 2.77 bits per heavy atom. The van der Waals surface area contributed by atoms with Crippen LogP contribution in [0.3, 0.4) is 0 Å². The van der Waals surface area contributed by atoms with Gasteiger partial charge in [-0.2, -0.15) is 11.3 Å². The molecule has 136 valence electrons. The van der Waals surface area contributed by atoms with Crippen molar-refractivity contribution in [1.82, 2.24) is 14.8 Å². The van der Waals surface area contributed by atoms with E-state index in [0.29, 0.717) is 13.0 Å². The number of piperidine rings is 1. The van der Waals surface area contributed by atoms with Crippen LogP contribution in [0.25, 0.3) is 0 Å². The van der Waals surface area contributed by atoms with Crippen LogP contribution in [0.1, 0.15) is 41.0 Å². The van der Waals surface area contributed by atoms with E-state index >= 15 is 0 Å². The summed E-state index contributed by atoms with van der Waals surface area (Å²) < 4.78 is 0. The minimum absolute atomic E-state index is 0.0202. The van der Waals surface area contributed by atoms with Crippen molar-refractivity contribution in [3.05, 3.63) is 52.0 Å². The Balaban J connectivity index is 1.38. The smallest absolute Gasteiger partial charge is 0.254 e. The zero-order chi connectivity index (χ0) is 18.1. The van der Waals surface area contributed by atoms with E-state index in [1.54, 1.807) is 11.3 Å². The van der Waals surface area contributed by atoms with Crippen LogP contribution in [0.2, 0.25) is 0 Å². The van der Waals surface area contributed by atoms with Crippen molar-refractivity contribution in [2.45, 2.75) is 32.7 Å². The van der Waals surface area contributed by atoms with Crippen LogP contribution in [0.15, 0.2) is 35.0 Å². The number of carbonyl (C=O) groups is 2. The molecule has 4 heterocycles. The number of aromatic nitrogens is 1. The van der Waals surface area contributed by atoms with Gasteiger partial charge in [-0.15, -0.1) is 0 Å². The highest BCUT2D eigenvalue weighted by Gasteiger charge is 2.45. The number of amides is 2. The van der Waals surface area contributed by atoms with Crippen LogP contribution in [0, 0.1) is 12.3 Å². The van der Waals surface area contributed by atoms with Crippen LogP contribution >= 0.6 is 11.3 Å². The van der Waals surface area contributed by atoms with Crippen molar-refractivity contribution in [1.29, 1.82) is 0 Å². The molecule has 0 aromatic carbocycles. The maximum absolute atomic E-state index is 12.6. The molecule has 1 spiro atoms. The van der Waals surface area contributed by atoms with E-state index in [1.807, 2.05) is 51.7 Å². The molecule has 2 amide bonds. The van der Waals surface area contributed by atoms with Crippen molar-refractivity contribution in [2.75, 3.05) is 19.6 Å². The first kappa shape index (κ1) is 17.2. The SMILES string of the molecule is Cc1cccc(CN2CC3(CCN(C(=O)c4ccsc4)CC3)CC2=O)n1. The van der Waals surface area contributed by atoms with Gasteiger partial charge in [-0.3, -0.25) is 14.6 Å². The highest BCUT2D eigenvalue weighted by molar-refractivity contribution is 7.08. The molecule has 0 N–H and O–H groups in total. The van der Waals surface area contributed by atoms with Gasteiger partial charge in [-0.05, 0) is 43.3 Å². The number of rotatable bonds is 3. The monoisotopic (exact) mass is 369 g/mol. The predicted octanol–water partition coefficient (Wildman–Crippen LogP) is 3.11. The third kappa shape index (κ3) is 3.38. The molecule has 2 aromatic heterocycles. The molecule has 0 aliphatic carbocycles. The first-order valence-corrected chi connectivity index (χ1v) is 10.0. The number of hydrogen-bond donors (Lipinski definition) is 0. The highest BCUT2D eigenvalue weighted by atomic mass is 32.1. The average molecular weight is 369 g/mol. The normalized spacial score (nSPS) is 19.3. The molecular formula is C20H23N3O2S. The van der Waals surface area contributed by atoms with E-state index in [2.05, 4.69) is 4.98 Å². The number of carbonyl (C=O) groups excluding carboxylic acids is 2. The molecule has 2 fully saturated rings. The second-order valence-electron chi connectivity index (χ2n) is 7.50. The molecule has 0 radical (unpaired) electrons. The summed E-state index contributed by atoms with van der Waals surface area (Å²) in [5.74, 6) is 0.331. The van der Waals surface area contributed by atoms with Crippen molar-refractivity contribution in [2.24, 2.45) is 5.41 Å². The number of likely N-dealkylation sites (tertiary alicyclic amines) is 2. The zero-order valence-electron chi connectivity index (χ0n) is 15.0. The molecule has 2 aliphatic heterocycles. The molecule has 0 saturated carbocycles. The van der Waals surface area contributed by atoms with Crippen LogP contribution < -0.4 is 0 Å². The minimum Gasteiger partial charge on any atom is -0.339 e. The van der Waals surface area contributed by atoms with Crippen LogP contribution in [0.4, 0.5) is 0 Å². The fourth-order valence-electron chi connectivity index (χ4n) is 4.10. The fourth-order valence-corrected chi connectivity index (χ4v) is 4.73. The molecule has 2 aromatic rings. The van der Waals surface area contributed by atoms with Gasteiger partial charge in [0, 0.05) is 42.5 Å². The number of aryl methyl sites for hydroxylation is 1. The Morgan fingerprint density at radius 2 is 2.08 bits per heavy atom. The van der Waals surface area contributed by atoms with Gasteiger partial charge in [-0.25, -0.2) is 0 Å². The van der Waals surface area contributed by atoms with E-state index in [4.69, 9.17) is 0 Å². The summed E-state index contributed by atoms with van der Waals surface area (Å²) in [6.07, 6.45) is 2.39. The summed E-state index contributed by atoms with van der Waals surface area (Å²) in [6.45, 7) is 4.80. The Bertz CT molecular complexity index is 810. The molecule has 0 bridgehead atoms. The molecule has 0 unspecified atom stereocenters. The van der Waals surface area contributed by atoms with Crippen molar-refractivity contribution >= 4 is 23.2 Å². The van der Waals surface area contributed by atoms with Gasteiger partial charge < -0.3 is 9.80 Å². The second kappa shape index (κ2) is 6.83. The molecule has 26 heavy (non-hydrogen) atoms. The van der Waals surface area contributed by atoms with Gasteiger partial charge in [0.05, 0.1) is 17.8 Å². The maximum atomic E-state index is 12.6. The van der Waals surface area contributed by atoms with E-state index < -0.39 is 0 Å². The van der Waals surface area contributed by atoms with E-state index in [1.165, 1.54) is 0 Å². The molecule has 4 rings (SSSR count). The molecule has 2 aliphatic rings. The van der Waals surface area contributed by atoms with Gasteiger partial charge in [-0.1, -0.05) is 6.07 Å². The molecule has 0 atom stereocenters. The summed E-state index contributed by atoms with van der Waals surface area (Å²) in [7, 11) is 0. The van der Waals surface area contributed by atoms with E-state index in [9.17, 15) is 9.59 Å². The van der Waals surface area contributed by atoms with Crippen LogP contribution in [0.5, 0.6) is 0 Å². The Morgan fingerprint density at radius 1 is 1.27 bits per heavy atom. The average Bonchev–Trinajstić information content (AvgIpc) is 3.24. The lowest BCUT2D eigenvalue weighted by atomic mass is 9.77. The standard InChI is InChI=1S/C20H23N3O2S/c1-15-3-2-4-17(21-15)12-23-14-20(11-18(23)24)6-8-22(9-7-20)19(25)16-5-10-26-13-16/h2-5,10,13H,6-9,11-12,14H2,1H3. The summed E-state index contributed by atoms with van der Waals surface area (Å²) in [4.78, 5) is 33.5. The lowest BCUT2D eigenvalue weighted by molar-refractivity contribution is -0.128. The lowest BCUT2D eigenvalue weighted by Gasteiger charge is -2.38. The van der Waals surface area contributed by atoms with Crippen LogP contribution in [-0.2, 0) is 11.3 Å². The first-order chi connectivity index (χ1) is 12.5. The van der Waals surface area contributed by atoms with Crippen molar-refractivity contribution in [3.8, 4) is 0 Å². The molecule has 5 nitrogen and oxygen atoms in total. The largest absolute Gasteiger partial charge is 0.339 e. The maximum Gasteiger partial charge on any atom is 0.254 e. The number of hydrogen-bond acceptors (Lipinski definition) is 4. The van der Waals surface area contributed by atoms with Gasteiger partial charge in [0.25, 0.3) is 5.91 Å². The summed E-state index contributed by atoms with van der Waals surface area (Å²) in [5.41, 5.74) is 2.72. The number of thiophene rings is 1. The van der Waals surface area contributed by atoms with Gasteiger partial charge in [0.2, 0.25) is 5.91 Å². The second-order valence-corrected chi connectivity index (χ2v) is 8.28. The lowest BCUT2D eigenvalue weighted by Crippen LogP contribution is -2.44. The quantitative estimate of drug-likeness (QED) is 0.835. The van der Waals surface area contributed by atoms with E-state index in [-0.39, 0.29) is 17.2 Å². The summed E-state index contributed by atoms with van der Waals surface area (Å²) >= 11 is 1.55. The third-order valence-electron chi connectivity index (χ3n) is 5.58. The Hall–Kier alpha value is -2.21. The fraction of sp³-hybridized carbons (Fsp3) is 0.450. The predicted molar refractivity (Wildman–Crippen MR) is 101 cm³/mol. The topological polar surface area (TPSA) is 53.5 Å². The van der Waals surface area contributed by atoms with Gasteiger partial charge >= 0.3 is 0 Å². The molecule has 6 heteroatoms. The molecule has 2 saturated heterocycles. The van der Waals surface area contributed by atoms with Gasteiger partial charge in [0.1, 0.15) is 0 Å². The van der Waals surface area contributed by atoms with Gasteiger partial charge in [0.15, 0.2) is 0 Å². The molecular weight excluding hydrogens is 346 g/mol. The minimum atomic E-state index is 0.0202. The number of pyridine rings is 1. The van der Waals surface area contributed by atoms with Crippen molar-refractivity contribution in [3.63, 3.8) is 0 Å². The first-order valence-electron chi connectivity index (χ1n) is 9.07. The van der Waals surface area contributed by atoms with Crippen LogP contribution in [-0.4, -0.2) is 46.2 Å². The van der Waals surface area contributed by atoms with Crippen molar-refractivity contribution < 1.29 is 9.59 Å². The Labute approximate surface area is 157 Å². The summed E-state index contributed by atoms with van der Waals surface area (Å²) in [5, 5.41) is 3.84. The Kier molecular flexibility index (Phi) is 4.53. The zero-order valence-corrected chi connectivity index (χ0v) is 15.8. The highest BCUT2D eigenvalue weighted by Crippen LogP contribution is 2.41. The summed E-state index contributed by atoms with van der Waals surface area (Å²) in [6, 6.07) is 7.82. The van der Waals surface area contributed by atoms with E-state index in [0.717, 1.165) is 49.4 Å². The number of nitrogens with zero attached hydrogens (tertiary/aromatic N) is 3.